The summed E-state index contributed by atoms with van der Waals surface area (Å²) in [4.78, 5) is 15.5. The van der Waals surface area contributed by atoms with Gasteiger partial charge in [-0.3, -0.25) is 4.79 Å². The minimum atomic E-state index is -3.11. The van der Waals surface area contributed by atoms with Crippen molar-refractivity contribution >= 4 is 50.3 Å². The van der Waals surface area contributed by atoms with Crippen molar-refractivity contribution in [2.45, 2.75) is 25.9 Å². The Labute approximate surface area is 172 Å². The van der Waals surface area contributed by atoms with Crippen LogP contribution in [0.1, 0.15) is 16.9 Å². The van der Waals surface area contributed by atoms with E-state index in [2.05, 4.69) is 0 Å². The van der Waals surface area contributed by atoms with Gasteiger partial charge in [-0.25, -0.2) is 8.42 Å². The first-order valence-electron chi connectivity index (χ1n) is 8.36. The number of carbonyl (C=O) groups is 1. The fraction of sp³-hybridized carbons (Fsp3) is 0.389. The minimum Gasteiger partial charge on any atom is -0.482 e. The molecule has 1 unspecified atom stereocenters. The highest BCUT2D eigenvalue weighted by Crippen LogP contribution is 2.28. The number of hydrogen-bond acceptors (Lipinski definition) is 5. The molecule has 2 heterocycles. The number of halogens is 2. The number of hydrogen-bond donors (Lipinski definition) is 0. The zero-order chi connectivity index (χ0) is 19.6. The number of ether oxygens (including phenoxy) is 1. The first-order chi connectivity index (χ1) is 12.7. The average Bonchev–Trinajstić information content (AvgIpc) is 3.16. The van der Waals surface area contributed by atoms with Crippen molar-refractivity contribution in [1.29, 1.82) is 0 Å². The summed E-state index contributed by atoms with van der Waals surface area (Å²) in [5.41, 5.74) is 1.08. The van der Waals surface area contributed by atoms with E-state index < -0.39 is 9.84 Å². The van der Waals surface area contributed by atoms with Gasteiger partial charge in [0, 0.05) is 15.9 Å². The van der Waals surface area contributed by atoms with Crippen molar-refractivity contribution in [1.82, 2.24) is 4.90 Å². The molecule has 1 saturated heterocycles. The maximum absolute atomic E-state index is 12.9. The molecule has 0 bridgehead atoms. The number of sulfone groups is 1. The van der Waals surface area contributed by atoms with Crippen LogP contribution in [0.5, 0.6) is 5.75 Å². The van der Waals surface area contributed by atoms with Crippen molar-refractivity contribution < 1.29 is 17.9 Å². The van der Waals surface area contributed by atoms with Gasteiger partial charge in [-0.2, -0.15) is 0 Å². The molecule has 0 aliphatic carbocycles. The molecule has 3 rings (SSSR count). The fourth-order valence-electron chi connectivity index (χ4n) is 2.98. The van der Waals surface area contributed by atoms with Crippen molar-refractivity contribution in [3.8, 4) is 5.75 Å². The van der Waals surface area contributed by atoms with Gasteiger partial charge in [-0.05, 0) is 48.6 Å². The summed E-state index contributed by atoms with van der Waals surface area (Å²) >= 11 is 13.5. The maximum Gasteiger partial charge on any atom is 0.261 e. The average molecular weight is 448 g/mol. The topological polar surface area (TPSA) is 63.7 Å². The number of benzene rings is 1. The van der Waals surface area contributed by atoms with E-state index in [9.17, 15) is 13.2 Å². The molecule has 0 radical (unpaired) electrons. The quantitative estimate of drug-likeness (QED) is 0.671. The van der Waals surface area contributed by atoms with Gasteiger partial charge in [-0.15, -0.1) is 11.3 Å². The Morgan fingerprint density at radius 3 is 2.70 bits per heavy atom. The smallest absolute Gasteiger partial charge is 0.261 e. The van der Waals surface area contributed by atoms with Crippen LogP contribution in [0.2, 0.25) is 10.0 Å². The van der Waals surface area contributed by atoms with E-state index in [0.717, 1.165) is 10.4 Å². The van der Waals surface area contributed by atoms with E-state index in [1.165, 1.54) is 0 Å². The van der Waals surface area contributed by atoms with Gasteiger partial charge in [0.25, 0.3) is 5.91 Å². The highest BCUT2D eigenvalue weighted by atomic mass is 35.5. The molecule has 1 aliphatic heterocycles. The number of amides is 1. The molecule has 27 heavy (non-hydrogen) atoms. The van der Waals surface area contributed by atoms with Crippen LogP contribution in [0.25, 0.3) is 0 Å². The van der Waals surface area contributed by atoms with Crippen molar-refractivity contribution in [2.75, 3.05) is 18.1 Å². The minimum absolute atomic E-state index is 0.00906. The van der Waals surface area contributed by atoms with Gasteiger partial charge in [-0.1, -0.05) is 23.2 Å². The molecule has 2 aromatic rings. The number of thiophene rings is 1. The molecule has 1 amide bonds. The summed E-state index contributed by atoms with van der Waals surface area (Å²) in [5, 5.41) is 2.76. The van der Waals surface area contributed by atoms with Crippen molar-refractivity contribution in [3.05, 3.63) is 50.1 Å². The number of aryl methyl sites for hydroxylation is 1. The van der Waals surface area contributed by atoms with Crippen LogP contribution in [-0.2, 0) is 21.2 Å². The molecule has 1 atom stereocenters. The number of nitrogens with zero attached hydrogens (tertiary/aromatic N) is 1. The zero-order valence-electron chi connectivity index (χ0n) is 14.7. The Morgan fingerprint density at radius 2 is 2.11 bits per heavy atom. The Morgan fingerprint density at radius 1 is 1.33 bits per heavy atom. The van der Waals surface area contributed by atoms with E-state index >= 15 is 0 Å². The highest BCUT2D eigenvalue weighted by Gasteiger charge is 2.35. The Kier molecular flexibility index (Phi) is 6.35. The Bertz CT molecular complexity index is 943. The monoisotopic (exact) mass is 447 g/mol. The van der Waals surface area contributed by atoms with Crippen molar-refractivity contribution in [2.24, 2.45) is 0 Å². The summed E-state index contributed by atoms with van der Waals surface area (Å²) in [7, 11) is -3.11. The van der Waals surface area contributed by atoms with Crippen LogP contribution < -0.4 is 4.74 Å². The fourth-order valence-corrected chi connectivity index (χ4v) is 6.08. The molecular weight excluding hydrogens is 429 g/mol. The summed E-state index contributed by atoms with van der Waals surface area (Å²) in [5.74, 6) is 0.191. The lowest BCUT2D eigenvalue weighted by Crippen LogP contribution is -2.43. The second-order valence-corrected chi connectivity index (χ2v) is 10.5. The molecule has 1 aromatic carbocycles. The predicted octanol–water partition coefficient (Wildman–Crippen LogP) is 3.96. The molecular formula is C18H19Cl2NO4S2. The summed E-state index contributed by atoms with van der Waals surface area (Å²) in [6.45, 7) is 2.13. The first kappa shape index (κ1) is 20.5. The third kappa shape index (κ3) is 5.16. The normalized spacial score (nSPS) is 18.4. The molecule has 0 saturated carbocycles. The number of rotatable bonds is 6. The largest absolute Gasteiger partial charge is 0.482 e. The maximum atomic E-state index is 12.9. The summed E-state index contributed by atoms with van der Waals surface area (Å²) in [6, 6.07) is 6.42. The standard InChI is InChI=1S/C18H19Cl2NO4S2/c1-12-4-6-26-17(12)9-21(14-5-7-27(23,24)11-14)18(22)10-25-16-3-2-13(19)8-15(16)20/h2-4,6,8,14H,5,7,9-11H2,1H3. The molecule has 1 aromatic heterocycles. The highest BCUT2D eigenvalue weighted by molar-refractivity contribution is 7.91. The summed E-state index contributed by atoms with van der Waals surface area (Å²) in [6.07, 6.45) is 0.445. The second kappa shape index (κ2) is 8.39. The lowest BCUT2D eigenvalue weighted by molar-refractivity contribution is -0.135. The van der Waals surface area contributed by atoms with E-state index in [1.807, 2.05) is 18.4 Å². The van der Waals surface area contributed by atoms with Gasteiger partial charge < -0.3 is 9.64 Å². The van der Waals surface area contributed by atoms with Gasteiger partial charge >= 0.3 is 0 Å². The third-order valence-electron chi connectivity index (χ3n) is 4.50. The second-order valence-electron chi connectivity index (χ2n) is 6.47. The molecule has 1 aliphatic rings. The van der Waals surface area contributed by atoms with E-state index in [-0.39, 0.29) is 30.1 Å². The number of carbonyl (C=O) groups excluding carboxylic acids is 1. The molecule has 0 N–H and O–H groups in total. The molecule has 146 valence electrons. The van der Waals surface area contributed by atoms with Crippen molar-refractivity contribution in [3.63, 3.8) is 0 Å². The van der Waals surface area contributed by atoms with Gasteiger partial charge in [0.1, 0.15) is 5.75 Å². The Hall–Kier alpha value is -1.28. The van der Waals surface area contributed by atoms with E-state index in [1.54, 1.807) is 34.4 Å². The lowest BCUT2D eigenvalue weighted by Gasteiger charge is -2.28. The van der Waals surface area contributed by atoms with Crippen LogP contribution in [0.3, 0.4) is 0 Å². The van der Waals surface area contributed by atoms with Crippen LogP contribution in [0, 0.1) is 6.92 Å². The van der Waals surface area contributed by atoms with Gasteiger partial charge in [0.15, 0.2) is 16.4 Å². The molecule has 1 fully saturated rings. The van der Waals surface area contributed by atoms with Crippen LogP contribution in [0.4, 0.5) is 0 Å². The molecule has 5 nitrogen and oxygen atoms in total. The van der Waals surface area contributed by atoms with Gasteiger partial charge in [0.05, 0.1) is 23.1 Å². The lowest BCUT2D eigenvalue weighted by atomic mass is 10.2. The van der Waals surface area contributed by atoms with Crippen LogP contribution >= 0.6 is 34.5 Å². The van der Waals surface area contributed by atoms with E-state index in [0.29, 0.717) is 28.8 Å². The molecule has 0 spiro atoms. The molecule has 9 heteroatoms. The summed E-state index contributed by atoms with van der Waals surface area (Å²) < 4.78 is 29.4. The van der Waals surface area contributed by atoms with E-state index in [4.69, 9.17) is 27.9 Å². The van der Waals surface area contributed by atoms with Crippen LogP contribution in [0.15, 0.2) is 29.6 Å². The SMILES string of the molecule is Cc1ccsc1CN(C(=O)COc1ccc(Cl)cc1Cl)C1CCS(=O)(=O)C1. The van der Waals surface area contributed by atoms with Gasteiger partial charge in [0.2, 0.25) is 0 Å². The zero-order valence-corrected chi connectivity index (χ0v) is 17.8. The third-order valence-corrected chi connectivity index (χ3v) is 7.79. The first-order valence-corrected chi connectivity index (χ1v) is 11.8. The predicted molar refractivity (Wildman–Crippen MR) is 109 cm³/mol. The van der Waals surface area contributed by atoms with Crippen LogP contribution in [-0.4, -0.2) is 43.4 Å². The Balaban J connectivity index is 1.75.